The maximum atomic E-state index is 11.8. The molecule has 0 bridgehead atoms. The Bertz CT molecular complexity index is 1090. The summed E-state index contributed by atoms with van der Waals surface area (Å²) in [5.74, 6) is -0.818. The second-order valence-electron chi connectivity index (χ2n) is 5.91. The van der Waals surface area contributed by atoms with Crippen LogP contribution in [0.4, 0.5) is 5.69 Å². The third kappa shape index (κ3) is 5.20. The zero-order valence-electron chi connectivity index (χ0n) is 14.9. The van der Waals surface area contributed by atoms with Gasteiger partial charge in [-0.1, -0.05) is 22.0 Å². The van der Waals surface area contributed by atoms with Crippen LogP contribution in [0, 0.1) is 6.92 Å². The predicted molar refractivity (Wildman–Crippen MR) is 106 cm³/mol. The first-order valence-electron chi connectivity index (χ1n) is 8.29. The molecule has 0 aliphatic heterocycles. The molecule has 0 aliphatic carbocycles. The summed E-state index contributed by atoms with van der Waals surface area (Å²) in [5.41, 5.74) is 1.27. The van der Waals surface area contributed by atoms with Gasteiger partial charge in [0.05, 0.1) is 0 Å². The lowest BCUT2D eigenvalue weighted by Crippen LogP contribution is -2.23. The van der Waals surface area contributed by atoms with Crippen LogP contribution in [0.15, 0.2) is 62.2 Å². The summed E-state index contributed by atoms with van der Waals surface area (Å²) < 4.78 is 16.2. The van der Waals surface area contributed by atoms with E-state index in [1.807, 2.05) is 6.07 Å². The number of hydrogen-bond acceptors (Lipinski definition) is 6. The Labute approximate surface area is 168 Å². The fourth-order valence-corrected chi connectivity index (χ4v) is 2.89. The molecule has 0 radical (unpaired) electrons. The van der Waals surface area contributed by atoms with E-state index in [4.69, 9.17) is 13.9 Å². The second-order valence-corrected chi connectivity index (χ2v) is 6.83. The highest BCUT2D eigenvalue weighted by Gasteiger charge is 2.10. The van der Waals surface area contributed by atoms with E-state index in [1.54, 1.807) is 37.3 Å². The zero-order valence-corrected chi connectivity index (χ0v) is 16.4. The lowest BCUT2D eigenvalue weighted by molar-refractivity contribution is -0.149. The maximum absolute atomic E-state index is 11.8. The number of rotatable bonds is 6. The van der Waals surface area contributed by atoms with E-state index >= 15 is 0 Å². The van der Waals surface area contributed by atoms with Gasteiger partial charge in [-0.05, 0) is 42.8 Å². The van der Waals surface area contributed by atoms with Gasteiger partial charge >= 0.3 is 11.6 Å². The van der Waals surface area contributed by atoms with Crippen LogP contribution in [-0.4, -0.2) is 25.1 Å². The van der Waals surface area contributed by atoms with Crippen molar-refractivity contribution in [1.82, 2.24) is 0 Å². The van der Waals surface area contributed by atoms with Crippen LogP contribution in [0.5, 0.6) is 5.75 Å². The summed E-state index contributed by atoms with van der Waals surface area (Å²) in [6.45, 7) is 0.989. The first-order chi connectivity index (χ1) is 13.4. The molecule has 0 saturated carbocycles. The van der Waals surface area contributed by atoms with Crippen molar-refractivity contribution >= 4 is 44.5 Å². The SMILES string of the molecule is Cc1cc(=O)oc2cc(OCC(=O)OCC(=O)Nc3cccc(Br)c3)ccc12. The van der Waals surface area contributed by atoms with Crippen molar-refractivity contribution < 1.29 is 23.5 Å². The third-order valence-electron chi connectivity index (χ3n) is 3.75. The smallest absolute Gasteiger partial charge is 0.344 e. The van der Waals surface area contributed by atoms with Crippen LogP contribution in [-0.2, 0) is 14.3 Å². The average molecular weight is 446 g/mol. The summed E-state index contributed by atoms with van der Waals surface area (Å²) in [6.07, 6.45) is 0. The minimum atomic E-state index is -0.699. The first kappa shape index (κ1) is 19.6. The molecule has 1 heterocycles. The molecule has 0 unspecified atom stereocenters. The number of amides is 1. The molecule has 7 nitrogen and oxygen atoms in total. The van der Waals surface area contributed by atoms with E-state index < -0.39 is 24.1 Å². The fourth-order valence-electron chi connectivity index (χ4n) is 2.49. The van der Waals surface area contributed by atoms with Crippen LogP contribution in [0.2, 0.25) is 0 Å². The number of carbonyl (C=O) groups is 2. The molecule has 8 heteroatoms. The summed E-state index contributed by atoms with van der Waals surface area (Å²) >= 11 is 3.30. The molecule has 1 N–H and O–H groups in total. The number of carbonyl (C=O) groups excluding carboxylic acids is 2. The predicted octanol–water partition coefficient (Wildman–Crippen LogP) is 3.42. The molecule has 144 valence electrons. The number of fused-ring (bicyclic) bond motifs is 1. The van der Waals surface area contributed by atoms with E-state index in [2.05, 4.69) is 21.2 Å². The summed E-state index contributed by atoms with van der Waals surface area (Å²) in [6, 6.07) is 13.4. The molecule has 3 rings (SSSR count). The number of halogens is 1. The quantitative estimate of drug-likeness (QED) is 0.461. The van der Waals surface area contributed by atoms with Gasteiger partial charge in [0.1, 0.15) is 11.3 Å². The minimum Gasteiger partial charge on any atom is -0.482 e. The van der Waals surface area contributed by atoms with Crippen LogP contribution < -0.4 is 15.7 Å². The molecule has 0 fully saturated rings. The highest BCUT2D eigenvalue weighted by molar-refractivity contribution is 9.10. The van der Waals surface area contributed by atoms with Gasteiger partial charge in [0.25, 0.3) is 5.91 Å². The number of nitrogens with one attached hydrogen (secondary N) is 1. The second kappa shape index (κ2) is 8.71. The van der Waals surface area contributed by atoms with Crippen molar-refractivity contribution in [2.24, 2.45) is 0 Å². The molecule has 0 aliphatic rings. The summed E-state index contributed by atoms with van der Waals surface area (Å²) in [4.78, 5) is 35.1. The van der Waals surface area contributed by atoms with Crippen molar-refractivity contribution in [2.75, 3.05) is 18.5 Å². The number of benzene rings is 2. The highest BCUT2D eigenvalue weighted by atomic mass is 79.9. The monoisotopic (exact) mass is 445 g/mol. The van der Waals surface area contributed by atoms with Crippen LogP contribution in [0.25, 0.3) is 11.0 Å². The van der Waals surface area contributed by atoms with Crippen LogP contribution >= 0.6 is 15.9 Å². The molecule has 2 aromatic carbocycles. The van der Waals surface area contributed by atoms with Crippen molar-refractivity contribution in [3.63, 3.8) is 0 Å². The van der Waals surface area contributed by atoms with E-state index in [0.717, 1.165) is 15.4 Å². The maximum Gasteiger partial charge on any atom is 0.344 e. The van der Waals surface area contributed by atoms with Gasteiger partial charge in [0.2, 0.25) is 0 Å². The Hall–Kier alpha value is -3.13. The molecule has 3 aromatic rings. The zero-order chi connectivity index (χ0) is 20.1. The van der Waals surface area contributed by atoms with Gasteiger partial charge in [0, 0.05) is 27.7 Å². The van der Waals surface area contributed by atoms with E-state index in [9.17, 15) is 14.4 Å². The number of aryl methyl sites for hydroxylation is 1. The van der Waals surface area contributed by atoms with Gasteiger partial charge in [-0.15, -0.1) is 0 Å². The number of esters is 1. The Morgan fingerprint density at radius 3 is 2.71 bits per heavy atom. The molecule has 1 aromatic heterocycles. The molecular weight excluding hydrogens is 430 g/mol. The fraction of sp³-hybridized carbons (Fsp3) is 0.150. The standard InChI is InChI=1S/C20H16BrNO6/c1-12-7-19(24)28-17-9-15(5-6-16(12)17)26-11-20(25)27-10-18(23)22-14-4-2-3-13(21)8-14/h2-9H,10-11H2,1H3,(H,22,23). The molecule has 28 heavy (non-hydrogen) atoms. The van der Waals surface area contributed by atoms with Gasteiger partial charge in [-0.2, -0.15) is 0 Å². The Kier molecular flexibility index (Phi) is 6.10. The Balaban J connectivity index is 1.51. The van der Waals surface area contributed by atoms with Crippen molar-refractivity contribution in [2.45, 2.75) is 6.92 Å². The lowest BCUT2D eigenvalue weighted by atomic mass is 10.1. The van der Waals surface area contributed by atoms with E-state index in [0.29, 0.717) is 17.0 Å². The molecule has 0 spiro atoms. The average Bonchev–Trinajstić information content (AvgIpc) is 2.64. The lowest BCUT2D eigenvalue weighted by Gasteiger charge is -2.09. The van der Waals surface area contributed by atoms with Gasteiger partial charge < -0.3 is 19.2 Å². The normalized spacial score (nSPS) is 10.5. The minimum absolute atomic E-state index is 0.344. The molecular formula is C20H16BrNO6. The van der Waals surface area contributed by atoms with Gasteiger partial charge in [0.15, 0.2) is 13.2 Å². The number of ether oxygens (including phenoxy) is 2. The highest BCUT2D eigenvalue weighted by Crippen LogP contribution is 2.22. The van der Waals surface area contributed by atoms with Crippen molar-refractivity contribution in [3.05, 3.63) is 69.0 Å². The topological polar surface area (TPSA) is 94.8 Å². The van der Waals surface area contributed by atoms with Crippen LogP contribution in [0.1, 0.15) is 5.56 Å². The molecule has 0 saturated heterocycles. The van der Waals surface area contributed by atoms with Gasteiger partial charge in [-0.3, -0.25) is 4.79 Å². The number of anilines is 1. The largest absolute Gasteiger partial charge is 0.482 e. The third-order valence-corrected chi connectivity index (χ3v) is 4.25. The molecule has 0 atom stereocenters. The first-order valence-corrected chi connectivity index (χ1v) is 9.08. The Morgan fingerprint density at radius 2 is 1.93 bits per heavy atom. The summed E-state index contributed by atoms with van der Waals surface area (Å²) in [7, 11) is 0. The van der Waals surface area contributed by atoms with Gasteiger partial charge in [-0.25, -0.2) is 9.59 Å². The number of hydrogen-bond donors (Lipinski definition) is 1. The van der Waals surface area contributed by atoms with E-state index in [1.165, 1.54) is 12.1 Å². The Morgan fingerprint density at radius 1 is 1.11 bits per heavy atom. The summed E-state index contributed by atoms with van der Waals surface area (Å²) in [5, 5.41) is 3.39. The van der Waals surface area contributed by atoms with Crippen molar-refractivity contribution in [1.29, 1.82) is 0 Å². The van der Waals surface area contributed by atoms with Crippen molar-refractivity contribution in [3.8, 4) is 5.75 Å². The van der Waals surface area contributed by atoms with E-state index in [-0.39, 0.29) is 6.61 Å². The molecule has 1 amide bonds. The van der Waals surface area contributed by atoms with Crippen LogP contribution in [0.3, 0.4) is 0 Å².